The topological polar surface area (TPSA) is 61.4 Å². The van der Waals surface area contributed by atoms with Crippen LogP contribution in [0.1, 0.15) is 16.1 Å². The second-order valence-corrected chi connectivity index (χ2v) is 6.91. The van der Waals surface area contributed by atoms with E-state index in [9.17, 15) is 4.79 Å². The largest absolute Gasteiger partial charge is 0.368 e. The van der Waals surface area contributed by atoms with Crippen LogP contribution in [0, 0.1) is 6.92 Å². The van der Waals surface area contributed by atoms with Crippen LogP contribution >= 0.6 is 0 Å². The lowest BCUT2D eigenvalue weighted by atomic mass is 10.2. The number of aromatic nitrogens is 2. The first-order chi connectivity index (χ1) is 13.7. The number of nitrogens with zero attached hydrogens (tertiary/aromatic N) is 4. The van der Waals surface area contributed by atoms with Gasteiger partial charge in [0.25, 0.3) is 5.91 Å². The van der Waals surface area contributed by atoms with Crippen LogP contribution in [-0.2, 0) is 0 Å². The Bertz CT molecular complexity index is 917. The van der Waals surface area contributed by atoms with Crippen molar-refractivity contribution in [2.75, 3.05) is 36.4 Å². The van der Waals surface area contributed by atoms with Crippen LogP contribution in [0.2, 0.25) is 0 Å². The summed E-state index contributed by atoms with van der Waals surface area (Å²) in [6.07, 6.45) is 0. The van der Waals surface area contributed by atoms with Gasteiger partial charge in [-0.3, -0.25) is 4.79 Å². The summed E-state index contributed by atoms with van der Waals surface area (Å²) in [4.78, 5) is 16.9. The van der Waals surface area contributed by atoms with Gasteiger partial charge in [0.2, 0.25) is 0 Å². The van der Waals surface area contributed by atoms with Gasteiger partial charge in [-0.1, -0.05) is 35.9 Å². The fraction of sp³-hybridized carbons (Fsp3) is 0.227. The molecule has 0 bridgehead atoms. The second-order valence-electron chi connectivity index (χ2n) is 6.91. The number of carbonyl (C=O) groups excluding carboxylic acids is 1. The Balaban J connectivity index is 1.35. The Morgan fingerprint density at radius 2 is 1.57 bits per heavy atom. The van der Waals surface area contributed by atoms with E-state index in [1.54, 1.807) is 12.1 Å². The molecule has 0 atom stereocenters. The predicted octanol–water partition coefficient (Wildman–Crippen LogP) is 3.49. The van der Waals surface area contributed by atoms with Crippen molar-refractivity contribution in [1.82, 2.24) is 15.1 Å². The van der Waals surface area contributed by atoms with Gasteiger partial charge in [-0.2, -0.15) is 0 Å². The van der Waals surface area contributed by atoms with E-state index in [0.29, 0.717) is 24.6 Å². The third-order valence-corrected chi connectivity index (χ3v) is 4.90. The first-order valence-electron chi connectivity index (χ1n) is 9.46. The van der Waals surface area contributed by atoms with Crippen LogP contribution < -0.4 is 10.2 Å². The Kier molecular flexibility index (Phi) is 5.19. The third kappa shape index (κ3) is 4.11. The Morgan fingerprint density at radius 3 is 2.21 bits per heavy atom. The number of hydrogen-bond acceptors (Lipinski definition) is 5. The smallest absolute Gasteiger partial charge is 0.274 e. The van der Waals surface area contributed by atoms with Gasteiger partial charge in [-0.15, -0.1) is 10.2 Å². The van der Waals surface area contributed by atoms with Crippen molar-refractivity contribution in [1.29, 1.82) is 0 Å². The molecule has 6 nitrogen and oxygen atoms in total. The molecule has 0 spiro atoms. The molecule has 1 amide bonds. The van der Waals surface area contributed by atoms with Crippen LogP contribution in [0.4, 0.5) is 17.2 Å². The molecule has 1 aliphatic heterocycles. The molecule has 0 unspecified atom stereocenters. The summed E-state index contributed by atoms with van der Waals surface area (Å²) < 4.78 is 0. The lowest BCUT2D eigenvalue weighted by molar-refractivity contribution is 0.0739. The highest BCUT2D eigenvalue weighted by Crippen LogP contribution is 2.17. The number of anilines is 3. The van der Waals surface area contributed by atoms with E-state index in [1.165, 1.54) is 11.3 Å². The lowest BCUT2D eigenvalue weighted by Crippen LogP contribution is -2.49. The summed E-state index contributed by atoms with van der Waals surface area (Å²) in [7, 11) is 0. The molecule has 6 heteroatoms. The zero-order valence-corrected chi connectivity index (χ0v) is 15.9. The fourth-order valence-electron chi connectivity index (χ4n) is 3.27. The highest BCUT2D eigenvalue weighted by molar-refractivity contribution is 5.92. The highest BCUT2D eigenvalue weighted by atomic mass is 16.2. The predicted molar refractivity (Wildman–Crippen MR) is 111 cm³/mol. The van der Waals surface area contributed by atoms with Gasteiger partial charge >= 0.3 is 0 Å². The summed E-state index contributed by atoms with van der Waals surface area (Å²) >= 11 is 0. The first-order valence-corrected chi connectivity index (χ1v) is 9.46. The van der Waals surface area contributed by atoms with Crippen molar-refractivity contribution in [2.45, 2.75) is 6.92 Å². The molecule has 2 aromatic carbocycles. The average molecular weight is 373 g/mol. The van der Waals surface area contributed by atoms with Crippen molar-refractivity contribution < 1.29 is 4.79 Å². The molecule has 28 heavy (non-hydrogen) atoms. The summed E-state index contributed by atoms with van der Waals surface area (Å²) in [6, 6.07) is 21.8. The summed E-state index contributed by atoms with van der Waals surface area (Å²) in [5, 5.41) is 11.5. The molecule has 1 aromatic heterocycles. The quantitative estimate of drug-likeness (QED) is 0.759. The normalized spacial score (nSPS) is 14.0. The highest BCUT2D eigenvalue weighted by Gasteiger charge is 2.23. The van der Waals surface area contributed by atoms with Gasteiger partial charge in [-0.25, -0.2) is 0 Å². The maximum Gasteiger partial charge on any atom is 0.274 e. The Morgan fingerprint density at radius 1 is 0.857 bits per heavy atom. The van der Waals surface area contributed by atoms with Crippen molar-refractivity contribution >= 4 is 23.1 Å². The van der Waals surface area contributed by atoms with Crippen LogP contribution in [0.5, 0.6) is 0 Å². The molecular weight excluding hydrogens is 350 g/mol. The van der Waals surface area contributed by atoms with Crippen molar-refractivity contribution in [3.63, 3.8) is 0 Å². The summed E-state index contributed by atoms with van der Waals surface area (Å²) in [6.45, 7) is 5.04. The van der Waals surface area contributed by atoms with Crippen LogP contribution in [-0.4, -0.2) is 47.2 Å². The maximum absolute atomic E-state index is 12.7. The van der Waals surface area contributed by atoms with Crippen molar-refractivity contribution in [3.8, 4) is 0 Å². The van der Waals surface area contributed by atoms with Gasteiger partial charge in [0.1, 0.15) is 0 Å². The van der Waals surface area contributed by atoms with E-state index in [1.807, 2.05) is 54.3 Å². The number of aryl methyl sites for hydroxylation is 1. The minimum absolute atomic E-state index is 0.0675. The summed E-state index contributed by atoms with van der Waals surface area (Å²) in [5.74, 6) is 0.552. The van der Waals surface area contributed by atoms with E-state index in [4.69, 9.17) is 0 Å². The third-order valence-electron chi connectivity index (χ3n) is 4.90. The molecule has 3 aromatic rings. The minimum Gasteiger partial charge on any atom is -0.368 e. The number of hydrogen-bond donors (Lipinski definition) is 1. The van der Waals surface area contributed by atoms with Crippen molar-refractivity contribution in [3.05, 3.63) is 78.0 Å². The van der Waals surface area contributed by atoms with Gasteiger partial charge in [0, 0.05) is 37.6 Å². The van der Waals surface area contributed by atoms with Gasteiger partial charge < -0.3 is 15.1 Å². The van der Waals surface area contributed by atoms with Crippen LogP contribution in [0.25, 0.3) is 0 Å². The fourth-order valence-corrected chi connectivity index (χ4v) is 3.27. The van der Waals surface area contributed by atoms with Gasteiger partial charge in [-0.05, 0) is 43.3 Å². The monoisotopic (exact) mass is 373 g/mol. The molecule has 142 valence electrons. The molecule has 4 rings (SSSR count). The Labute approximate surface area is 164 Å². The minimum atomic E-state index is -0.0675. The maximum atomic E-state index is 12.7. The van der Waals surface area contributed by atoms with E-state index in [2.05, 4.69) is 32.5 Å². The molecule has 0 saturated carbocycles. The van der Waals surface area contributed by atoms with E-state index >= 15 is 0 Å². The second kappa shape index (κ2) is 8.08. The zero-order chi connectivity index (χ0) is 19.3. The number of piperazine rings is 1. The number of benzene rings is 2. The van der Waals surface area contributed by atoms with Crippen LogP contribution in [0.15, 0.2) is 66.7 Å². The molecular formula is C22H23N5O. The van der Waals surface area contributed by atoms with Gasteiger partial charge in [0.05, 0.1) is 0 Å². The lowest BCUT2D eigenvalue weighted by Gasteiger charge is -2.35. The molecule has 0 aliphatic carbocycles. The van der Waals surface area contributed by atoms with E-state index in [0.717, 1.165) is 18.8 Å². The van der Waals surface area contributed by atoms with E-state index < -0.39 is 0 Å². The van der Waals surface area contributed by atoms with Crippen LogP contribution in [0.3, 0.4) is 0 Å². The molecule has 1 aliphatic rings. The molecule has 1 saturated heterocycles. The molecule has 0 radical (unpaired) electrons. The van der Waals surface area contributed by atoms with Gasteiger partial charge in [0.15, 0.2) is 11.5 Å². The zero-order valence-electron chi connectivity index (χ0n) is 15.9. The SMILES string of the molecule is Cc1ccc(Nc2ccc(C(=O)N3CCN(c4ccccc4)CC3)nn2)cc1. The molecule has 1 fully saturated rings. The summed E-state index contributed by atoms with van der Waals surface area (Å²) in [5.41, 5.74) is 3.71. The first kappa shape index (κ1) is 18.0. The number of para-hydroxylation sites is 1. The van der Waals surface area contributed by atoms with Crippen molar-refractivity contribution in [2.24, 2.45) is 0 Å². The Hall–Kier alpha value is -3.41. The number of rotatable bonds is 4. The number of amides is 1. The number of nitrogens with one attached hydrogen (secondary N) is 1. The standard InChI is InChI=1S/C22H23N5O/c1-17-7-9-18(10-8-17)23-21-12-11-20(24-25-21)22(28)27-15-13-26(14-16-27)19-5-3-2-4-6-19/h2-12H,13-16H2,1H3,(H,23,25). The average Bonchev–Trinajstić information content (AvgIpc) is 2.76. The molecule has 1 N–H and O–H groups in total. The number of carbonyl (C=O) groups is 1. The molecule has 2 heterocycles. The van der Waals surface area contributed by atoms with E-state index in [-0.39, 0.29) is 5.91 Å².